The van der Waals surface area contributed by atoms with Crippen LogP contribution in [0, 0.1) is 6.92 Å². The SMILES string of the molecule is COc1ccc(NC(=O)c2ccc(Nc3cc(C)ccc3OC)nn2)cc1. The summed E-state index contributed by atoms with van der Waals surface area (Å²) in [6.07, 6.45) is 0. The summed E-state index contributed by atoms with van der Waals surface area (Å²) in [6, 6.07) is 16.1. The van der Waals surface area contributed by atoms with Crippen molar-refractivity contribution >= 4 is 23.1 Å². The lowest BCUT2D eigenvalue weighted by Gasteiger charge is -2.11. The number of hydrogen-bond acceptors (Lipinski definition) is 6. The molecule has 2 N–H and O–H groups in total. The third-order valence-electron chi connectivity index (χ3n) is 3.86. The number of amides is 1. The van der Waals surface area contributed by atoms with Crippen LogP contribution in [0.15, 0.2) is 54.6 Å². The van der Waals surface area contributed by atoms with Gasteiger partial charge in [0.05, 0.1) is 19.9 Å². The highest BCUT2D eigenvalue weighted by molar-refractivity contribution is 6.02. The molecule has 0 aliphatic heterocycles. The summed E-state index contributed by atoms with van der Waals surface area (Å²) in [5.74, 6) is 1.59. The minimum Gasteiger partial charge on any atom is -0.497 e. The van der Waals surface area contributed by atoms with E-state index in [0.29, 0.717) is 17.3 Å². The van der Waals surface area contributed by atoms with E-state index in [4.69, 9.17) is 9.47 Å². The number of aryl methyl sites for hydroxylation is 1. The maximum atomic E-state index is 12.3. The standard InChI is InChI=1S/C20H20N4O3/c1-13-4-10-18(27-3)17(12-13)22-19-11-9-16(23-24-19)20(25)21-14-5-7-15(26-2)8-6-14/h4-12H,1-3H3,(H,21,25)(H,22,24). The van der Waals surface area contributed by atoms with E-state index in [1.54, 1.807) is 50.6 Å². The third kappa shape index (κ3) is 4.52. The second-order valence-electron chi connectivity index (χ2n) is 5.82. The van der Waals surface area contributed by atoms with Gasteiger partial charge in [-0.3, -0.25) is 4.79 Å². The number of ether oxygens (including phenoxy) is 2. The fourth-order valence-corrected chi connectivity index (χ4v) is 2.45. The first-order valence-electron chi connectivity index (χ1n) is 8.30. The molecular formula is C20H20N4O3. The first-order valence-corrected chi connectivity index (χ1v) is 8.30. The maximum Gasteiger partial charge on any atom is 0.276 e. The Kier molecular flexibility index (Phi) is 5.51. The van der Waals surface area contributed by atoms with Crippen molar-refractivity contribution in [3.8, 4) is 11.5 Å². The highest BCUT2D eigenvalue weighted by Gasteiger charge is 2.10. The van der Waals surface area contributed by atoms with Gasteiger partial charge < -0.3 is 20.1 Å². The van der Waals surface area contributed by atoms with E-state index >= 15 is 0 Å². The first kappa shape index (κ1) is 18.2. The van der Waals surface area contributed by atoms with Crippen LogP contribution in [0.4, 0.5) is 17.2 Å². The highest BCUT2D eigenvalue weighted by atomic mass is 16.5. The van der Waals surface area contributed by atoms with Crippen molar-refractivity contribution in [1.29, 1.82) is 0 Å². The summed E-state index contributed by atoms with van der Waals surface area (Å²) < 4.78 is 10.4. The number of nitrogens with one attached hydrogen (secondary N) is 2. The zero-order chi connectivity index (χ0) is 19.2. The van der Waals surface area contributed by atoms with Crippen LogP contribution in [-0.2, 0) is 0 Å². The monoisotopic (exact) mass is 364 g/mol. The Hall–Kier alpha value is -3.61. The summed E-state index contributed by atoms with van der Waals surface area (Å²) >= 11 is 0. The largest absolute Gasteiger partial charge is 0.497 e. The number of aromatic nitrogens is 2. The summed E-state index contributed by atoms with van der Waals surface area (Å²) in [6.45, 7) is 1.99. The average molecular weight is 364 g/mol. The molecule has 0 aliphatic carbocycles. The van der Waals surface area contributed by atoms with E-state index in [1.807, 2.05) is 25.1 Å². The molecule has 1 heterocycles. The Morgan fingerprint density at radius 1 is 0.926 bits per heavy atom. The van der Waals surface area contributed by atoms with Crippen LogP contribution in [-0.4, -0.2) is 30.3 Å². The Morgan fingerprint density at radius 3 is 2.33 bits per heavy atom. The summed E-state index contributed by atoms with van der Waals surface area (Å²) in [7, 11) is 3.19. The Bertz CT molecular complexity index is 925. The van der Waals surface area contributed by atoms with Gasteiger partial charge in [0, 0.05) is 5.69 Å². The van der Waals surface area contributed by atoms with Crippen LogP contribution >= 0.6 is 0 Å². The van der Waals surface area contributed by atoms with Gasteiger partial charge in [-0.15, -0.1) is 10.2 Å². The van der Waals surface area contributed by atoms with Gasteiger partial charge >= 0.3 is 0 Å². The minimum atomic E-state index is -0.340. The molecule has 1 aromatic heterocycles. The fraction of sp³-hybridized carbons (Fsp3) is 0.150. The lowest BCUT2D eigenvalue weighted by molar-refractivity contribution is 0.102. The molecule has 0 spiro atoms. The van der Waals surface area contributed by atoms with E-state index in [0.717, 1.165) is 17.0 Å². The van der Waals surface area contributed by atoms with Gasteiger partial charge in [-0.05, 0) is 61.0 Å². The normalized spacial score (nSPS) is 10.2. The molecular weight excluding hydrogens is 344 g/mol. The summed E-state index contributed by atoms with van der Waals surface area (Å²) in [5.41, 5.74) is 2.73. The topological polar surface area (TPSA) is 85.4 Å². The second-order valence-corrected chi connectivity index (χ2v) is 5.82. The number of nitrogens with zero attached hydrogens (tertiary/aromatic N) is 2. The minimum absolute atomic E-state index is 0.215. The molecule has 3 rings (SSSR count). The van der Waals surface area contributed by atoms with Gasteiger partial charge in [0.15, 0.2) is 11.5 Å². The Balaban J connectivity index is 1.69. The molecule has 0 unspecified atom stereocenters. The highest BCUT2D eigenvalue weighted by Crippen LogP contribution is 2.27. The van der Waals surface area contributed by atoms with Gasteiger partial charge in [0.1, 0.15) is 11.5 Å². The predicted molar refractivity (Wildman–Crippen MR) is 104 cm³/mol. The molecule has 0 atom stereocenters. The Morgan fingerprint density at radius 2 is 1.70 bits per heavy atom. The molecule has 0 radical (unpaired) electrons. The van der Waals surface area contributed by atoms with Crippen LogP contribution in [0.3, 0.4) is 0 Å². The molecule has 138 valence electrons. The fourth-order valence-electron chi connectivity index (χ4n) is 2.45. The maximum absolute atomic E-state index is 12.3. The molecule has 7 nitrogen and oxygen atoms in total. The molecule has 7 heteroatoms. The van der Waals surface area contributed by atoms with Crippen LogP contribution in [0.2, 0.25) is 0 Å². The molecule has 0 fully saturated rings. The zero-order valence-electron chi connectivity index (χ0n) is 15.3. The summed E-state index contributed by atoms with van der Waals surface area (Å²) in [4.78, 5) is 12.3. The number of rotatable bonds is 6. The molecule has 2 aromatic carbocycles. The van der Waals surface area contributed by atoms with Crippen LogP contribution < -0.4 is 20.1 Å². The van der Waals surface area contributed by atoms with Gasteiger partial charge in [0.25, 0.3) is 5.91 Å². The number of anilines is 3. The third-order valence-corrected chi connectivity index (χ3v) is 3.86. The number of benzene rings is 2. The molecule has 1 amide bonds. The second kappa shape index (κ2) is 8.18. The van der Waals surface area contributed by atoms with E-state index in [1.165, 1.54) is 0 Å². The molecule has 27 heavy (non-hydrogen) atoms. The first-order chi connectivity index (χ1) is 13.1. The van der Waals surface area contributed by atoms with E-state index < -0.39 is 0 Å². The average Bonchev–Trinajstić information content (AvgIpc) is 2.69. The smallest absolute Gasteiger partial charge is 0.276 e. The lowest BCUT2D eigenvalue weighted by atomic mass is 10.2. The number of methoxy groups -OCH3 is 2. The van der Waals surface area contributed by atoms with Crippen molar-refractivity contribution < 1.29 is 14.3 Å². The van der Waals surface area contributed by atoms with Crippen molar-refractivity contribution in [1.82, 2.24) is 10.2 Å². The van der Waals surface area contributed by atoms with Gasteiger partial charge in [-0.25, -0.2) is 0 Å². The van der Waals surface area contributed by atoms with Crippen molar-refractivity contribution in [2.24, 2.45) is 0 Å². The van der Waals surface area contributed by atoms with Gasteiger partial charge in [-0.1, -0.05) is 6.07 Å². The zero-order valence-corrected chi connectivity index (χ0v) is 15.3. The van der Waals surface area contributed by atoms with Gasteiger partial charge in [-0.2, -0.15) is 0 Å². The quantitative estimate of drug-likeness (QED) is 0.692. The Labute approximate surface area is 157 Å². The lowest BCUT2D eigenvalue weighted by Crippen LogP contribution is -2.14. The number of hydrogen-bond donors (Lipinski definition) is 2. The molecule has 0 aliphatic rings. The van der Waals surface area contributed by atoms with E-state index in [9.17, 15) is 4.79 Å². The van der Waals surface area contributed by atoms with Crippen LogP contribution in [0.1, 0.15) is 16.1 Å². The molecule has 3 aromatic rings. The van der Waals surface area contributed by atoms with E-state index in [-0.39, 0.29) is 11.6 Å². The molecule has 0 saturated carbocycles. The van der Waals surface area contributed by atoms with Crippen LogP contribution in [0.5, 0.6) is 11.5 Å². The number of carbonyl (C=O) groups excluding carboxylic acids is 1. The van der Waals surface area contributed by atoms with Crippen molar-refractivity contribution in [3.05, 3.63) is 65.9 Å². The summed E-state index contributed by atoms with van der Waals surface area (Å²) in [5, 5.41) is 14.0. The van der Waals surface area contributed by atoms with Crippen molar-refractivity contribution in [3.63, 3.8) is 0 Å². The predicted octanol–water partition coefficient (Wildman–Crippen LogP) is 3.80. The molecule has 0 saturated heterocycles. The van der Waals surface area contributed by atoms with Crippen molar-refractivity contribution in [2.45, 2.75) is 6.92 Å². The van der Waals surface area contributed by atoms with Gasteiger partial charge in [0.2, 0.25) is 0 Å². The van der Waals surface area contributed by atoms with Crippen LogP contribution in [0.25, 0.3) is 0 Å². The molecule has 0 bridgehead atoms. The number of carbonyl (C=O) groups is 1. The van der Waals surface area contributed by atoms with E-state index in [2.05, 4.69) is 20.8 Å². The van der Waals surface area contributed by atoms with Crippen molar-refractivity contribution in [2.75, 3.05) is 24.9 Å².